The fourth-order valence-corrected chi connectivity index (χ4v) is 5.53. The van der Waals surface area contributed by atoms with Crippen LogP contribution in [0.2, 0.25) is 0 Å². The molecule has 214 valence electrons. The van der Waals surface area contributed by atoms with Crippen LogP contribution in [0.3, 0.4) is 0 Å². The second-order valence-corrected chi connectivity index (χ2v) is 10.7. The first kappa shape index (κ1) is 29.3. The van der Waals surface area contributed by atoms with E-state index in [9.17, 15) is 19.2 Å². The number of amides is 3. The number of carbonyl (C=O) groups excluding carboxylic acids is 4. The van der Waals surface area contributed by atoms with Crippen LogP contribution in [-0.2, 0) is 36.9 Å². The Bertz CT molecular complexity index is 1160. The number of fused-ring (bicyclic) bond motifs is 1. The fraction of sp³-hybridized carbons (Fsp3) is 0.484. The molecule has 2 aromatic carbocycles. The van der Waals surface area contributed by atoms with Crippen molar-refractivity contribution in [1.29, 1.82) is 0 Å². The van der Waals surface area contributed by atoms with Gasteiger partial charge in [0.15, 0.2) is 6.04 Å². The third-order valence-corrected chi connectivity index (χ3v) is 7.78. The predicted octanol–water partition coefficient (Wildman–Crippen LogP) is 4.13. The van der Waals surface area contributed by atoms with E-state index in [0.717, 1.165) is 49.7 Å². The lowest BCUT2D eigenvalue weighted by Crippen LogP contribution is -2.54. The average molecular weight is 550 g/mol. The number of nitrogens with one attached hydrogen (secondary N) is 2. The zero-order valence-corrected chi connectivity index (χ0v) is 22.8. The van der Waals surface area contributed by atoms with Gasteiger partial charge in [0.1, 0.15) is 12.1 Å². The number of carbonyl (C=O) groups is 4. The molecule has 0 bridgehead atoms. The standard InChI is InChI=1S/C31H39N3O6/c35-27(33-39)18-6-1-2-7-19-28(36)34-21-24-15-9-8-14-23(24)20-26(34)30(37)32-29(22-12-4-3-5-13-22)31(38)40-25-16-10-11-17-25/h3-5,8-9,12-15,25-26,29,39H,1-2,6-7,10-11,16-21H2,(H,32,37)(H,33,35). The molecule has 1 fully saturated rings. The molecule has 0 saturated heterocycles. The van der Waals surface area contributed by atoms with Crippen LogP contribution in [0.25, 0.3) is 0 Å². The Hall–Kier alpha value is -3.72. The maximum absolute atomic E-state index is 13.8. The maximum atomic E-state index is 13.8. The monoisotopic (exact) mass is 549 g/mol. The summed E-state index contributed by atoms with van der Waals surface area (Å²) < 4.78 is 5.78. The molecule has 1 saturated carbocycles. The molecule has 0 spiro atoms. The second kappa shape index (κ2) is 14.6. The quantitative estimate of drug-likeness (QED) is 0.158. The smallest absolute Gasteiger partial charge is 0.333 e. The zero-order valence-electron chi connectivity index (χ0n) is 22.8. The van der Waals surface area contributed by atoms with Crippen LogP contribution in [0.15, 0.2) is 54.6 Å². The molecular weight excluding hydrogens is 510 g/mol. The van der Waals surface area contributed by atoms with Crippen LogP contribution in [0.4, 0.5) is 0 Å². The predicted molar refractivity (Wildman–Crippen MR) is 148 cm³/mol. The molecule has 3 amide bonds. The van der Waals surface area contributed by atoms with E-state index < -0.39 is 24.0 Å². The molecule has 1 aliphatic carbocycles. The Morgan fingerprint density at radius 1 is 0.875 bits per heavy atom. The molecule has 1 heterocycles. The average Bonchev–Trinajstić information content (AvgIpc) is 3.50. The molecule has 2 atom stereocenters. The van der Waals surface area contributed by atoms with E-state index in [1.807, 2.05) is 42.5 Å². The van der Waals surface area contributed by atoms with Crippen molar-refractivity contribution in [3.05, 3.63) is 71.3 Å². The third kappa shape index (κ3) is 7.91. The van der Waals surface area contributed by atoms with Gasteiger partial charge in [0.25, 0.3) is 0 Å². The Morgan fingerprint density at radius 2 is 1.52 bits per heavy atom. The van der Waals surface area contributed by atoms with Crippen molar-refractivity contribution in [2.24, 2.45) is 0 Å². The Kier molecular flexibility index (Phi) is 10.7. The number of unbranched alkanes of at least 4 members (excludes halogenated alkanes) is 3. The van der Waals surface area contributed by atoms with Crippen molar-refractivity contribution >= 4 is 23.7 Å². The summed E-state index contributed by atoms with van der Waals surface area (Å²) in [7, 11) is 0. The van der Waals surface area contributed by atoms with Gasteiger partial charge in [-0.15, -0.1) is 0 Å². The van der Waals surface area contributed by atoms with Crippen LogP contribution in [0.5, 0.6) is 0 Å². The first-order chi connectivity index (χ1) is 19.5. The van der Waals surface area contributed by atoms with Gasteiger partial charge in [0, 0.05) is 25.8 Å². The fourth-order valence-electron chi connectivity index (χ4n) is 5.53. The van der Waals surface area contributed by atoms with Gasteiger partial charge in [0.05, 0.1) is 0 Å². The minimum Gasteiger partial charge on any atom is -0.461 e. The minimum absolute atomic E-state index is 0.118. The highest BCUT2D eigenvalue weighted by Crippen LogP contribution is 2.27. The molecule has 2 aliphatic rings. The van der Waals surface area contributed by atoms with Crippen LogP contribution >= 0.6 is 0 Å². The minimum atomic E-state index is -0.959. The van der Waals surface area contributed by atoms with E-state index >= 15 is 0 Å². The van der Waals surface area contributed by atoms with E-state index in [1.165, 1.54) is 0 Å². The second-order valence-electron chi connectivity index (χ2n) is 10.7. The van der Waals surface area contributed by atoms with Crippen LogP contribution in [0, 0.1) is 0 Å². The van der Waals surface area contributed by atoms with E-state index in [0.29, 0.717) is 31.4 Å². The molecule has 1 aliphatic heterocycles. The lowest BCUT2D eigenvalue weighted by molar-refractivity contribution is -0.154. The van der Waals surface area contributed by atoms with Gasteiger partial charge in [0.2, 0.25) is 17.7 Å². The van der Waals surface area contributed by atoms with Gasteiger partial charge in [-0.3, -0.25) is 19.6 Å². The zero-order chi connectivity index (χ0) is 28.3. The van der Waals surface area contributed by atoms with Gasteiger partial charge in [-0.2, -0.15) is 0 Å². The highest BCUT2D eigenvalue weighted by atomic mass is 16.5. The summed E-state index contributed by atoms with van der Waals surface area (Å²) in [5.41, 5.74) is 4.29. The highest BCUT2D eigenvalue weighted by molar-refractivity contribution is 5.92. The van der Waals surface area contributed by atoms with E-state index in [4.69, 9.17) is 9.94 Å². The molecule has 9 heteroatoms. The van der Waals surface area contributed by atoms with Crippen molar-refractivity contribution in [2.75, 3.05) is 0 Å². The SMILES string of the molecule is O=C(CCCCCCC(=O)N1Cc2ccccc2CC1C(=O)NC(C(=O)OC1CCCC1)c1ccccc1)NO. The molecule has 4 rings (SSSR count). The number of hydrogen-bond donors (Lipinski definition) is 3. The van der Waals surface area contributed by atoms with Crippen molar-refractivity contribution in [3.63, 3.8) is 0 Å². The van der Waals surface area contributed by atoms with Gasteiger partial charge < -0.3 is 15.0 Å². The van der Waals surface area contributed by atoms with Gasteiger partial charge in [-0.05, 0) is 55.2 Å². The molecule has 2 unspecified atom stereocenters. The first-order valence-electron chi connectivity index (χ1n) is 14.3. The van der Waals surface area contributed by atoms with Crippen LogP contribution in [0.1, 0.15) is 86.9 Å². The van der Waals surface area contributed by atoms with Crippen molar-refractivity contribution in [1.82, 2.24) is 15.7 Å². The summed E-state index contributed by atoms with van der Waals surface area (Å²) >= 11 is 0. The van der Waals surface area contributed by atoms with Crippen molar-refractivity contribution in [2.45, 2.75) is 95.4 Å². The summed E-state index contributed by atoms with van der Waals surface area (Å²) in [5, 5.41) is 11.5. The van der Waals surface area contributed by atoms with Crippen LogP contribution in [-0.4, -0.2) is 45.9 Å². The Balaban J connectivity index is 1.44. The number of hydrogen-bond acceptors (Lipinski definition) is 6. The molecule has 0 aromatic heterocycles. The molecule has 3 N–H and O–H groups in total. The van der Waals surface area contributed by atoms with E-state index in [-0.39, 0.29) is 30.8 Å². The molecule has 40 heavy (non-hydrogen) atoms. The molecule has 0 radical (unpaired) electrons. The normalized spacial score (nSPS) is 17.5. The summed E-state index contributed by atoms with van der Waals surface area (Å²) in [6.45, 7) is 0.326. The lowest BCUT2D eigenvalue weighted by atomic mass is 9.92. The van der Waals surface area contributed by atoms with E-state index in [2.05, 4.69) is 5.32 Å². The number of nitrogens with zero attached hydrogens (tertiary/aromatic N) is 1. The number of benzene rings is 2. The van der Waals surface area contributed by atoms with Crippen molar-refractivity contribution < 1.29 is 29.1 Å². The number of esters is 1. The maximum Gasteiger partial charge on any atom is 0.333 e. The highest BCUT2D eigenvalue weighted by Gasteiger charge is 2.37. The number of ether oxygens (including phenoxy) is 1. The number of hydroxylamine groups is 1. The summed E-state index contributed by atoms with van der Waals surface area (Å²) in [6, 6.07) is 15.2. The topological polar surface area (TPSA) is 125 Å². The summed E-state index contributed by atoms with van der Waals surface area (Å²) in [5.74, 6) is -1.39. The molecule has 9 nitrogen and oxygen atoms in total. The van der Waals surface area contributed by atoms with Gasteiger partial charge in [-0.25, -0.2) is 10.3 Å². The molecule has 2 aromatic rings. The number of rotatable bonds is 12. The van der Waals surface area contributed by atoms with Gasteiger partial charge in [-0.1, -0.05) is 67.4 Å². The van der Waals surface area contributed by atoms with Gasteiger partial charge >= 0.3 is 5.97 Å². The first-order valence-corrected chi connectivity index (χ1v) is 14.3. The van der Waals surface area contributed by atoms with Crippen LogP contribution < -0.4 is 10.8 Å². The van der Waals surface area contributed by atoms with E-state index in [1.54, 1.807) is 22.5 Å². The van der Waals surface area contributed by atoms with Crippen molar-refractivity contribution in [3.8, 4) is 0 Å². The lowest BCUT2D eigenvalue weighted by Gasteiger charge is -2.37. The summed E-state index contributed by atoms with van der Waals surface area (Å²) in [6.07, 6.45) is 7.24. The largest absolute Gasteiger partial charge is 0.461 e. The molecular formula is C31H39N3O6. The third-order valence-electron chi connectivity index (χ3n) is 7.78. The Morgan fingerprint density at radius 3 is 2.23 bits per heavy atom. The summed E-state index contributed by atoms with van der Waals surface area (Å²) in [4.78, 5) is 53.2. The Labute approximate surface area is 235 Å².